The van der Waals surface area contributed by atoms with Crippen LogP contribution in [0.5, 0.6) is 0 Å². The lowest BCUT2D eigenvalue weighted by Gasteiger charge is -2.15. The van der Waals surface area contributed by atoms with Crippen LogP contribution in [0.3, 0.4) is 0 Å². The standard InChI is InChI=1S/C16H14BrN3OS/c1-20(16-19-13-4-2-3-5-14(13)22-16)10-15(21)18-12-8-6-11(17)7-9-12/h2-9H,10H2,1H3,(H,18,21). The average Bonchev–Trinajstić information content (AvgIpc) is 2.93. The van der Waals surface area contributed by atoms with Crippen molar-refractivity contribution in [2.75, 3.05) is 23.8 Å². The fourth-order valence-corrected chi connectivity index (χ4v) is 3.23. The Bertz CT molecular complexity index is 768. The third-order valence-electron chi connectivity index (χ3n) is 3.12. The highest BCUT2D eigenvalue weighted by Gasteiger charge is 2.12. The van der Waals surface area contributed by atoms with E-state index in [0.29, 0.717) is 0 Å². The molecule has 3 rings (SSSR count). The van der Waals surface area contributed by atoms with Gasteiger partial charge in [-0.2, -0.15) is 0 Å². The van der Waals surface area contributed by atoms with Crippen LogP contribution in [0.1, 0.15) is 0 Å². The van der Waals surface area contributed by atoms with E-state index < -0.39 is 0 Å². The maximum absolute atomic E-state index is 12.1. The molecule has 1 heterocycles. The lowest BCUT2D eigenvalue weighted by atomic mass is 10.3. The fraction of sp³-hybridized carbons (Fsp3) is 0.125. The molecule has 0 saturated heterocycles. The second kappa shape index (κ2) is 6.46. The smallest absolute Gasteiger partial charge is 0.243 e. The summed E-state index contributed by atoms with van der Waals surface area (Å²) in [6, 6.07) is 15.5. The number of benzene rings is 2. The van der Waals surface area contributed by atoms with Gasteiger partial charge in [0, 0.05) is 17.2 Å². The molecule has 4 nitrogen and oxygen atoms in total. The summed E-state index contributed by atoms with van der Waals surface area (Å²) in [6.45, 7) is 0.260. The first kappa shape index (κ1) is 15.0. The number of para-hydroxylation sites is 1. The number of amides is 1. The van der Waals surface area contributed by atoms with Gasteiger partial charge in [-0.15, -0.1) is 0 Å². The third-order valence-corrected chi connectivity index (χ3v) is 4.80. The van der Waals surface area contributed by atoms with E-state index in [1.807, 2.05) is 60.5 Å². The Balaban J connectivity index is 1.66. The van der Waals surface area contributed by atoms with Gasteiger partial charge in [0.15, 0.2) is 5.13 Å². The summed E-state index contributed by atoms with van der Waals surface area (Å²) in [5.41, 5.74) is 1.74. The molecule has 2 aromatic carbocycles. The van der Waals surface area contributed by atoms with Crippen molar-refractivity contribution in [1.29, 1.82) is 0 Å². The molecule has 0 saturated carbocycles. The first-order chi connectivity index (χ1) is 10.6. The molecule has 1 N–H and O–H groups in total. The van der Waals surface area contributed by atoms with E-state index in [1.165, 1.54) is 0 Å². The van der Waals surface area contributed by atoms with Gasteiger partial charge >= 0.3 is 0 Å². The lowest BCUT2D eigenvalue weighted by molar-refractivity contribution is -0.114. The van der Waals surface area contributed by atoms with Crippen LogP contribution >= 0.6 is 27.3 Å². The first-order valence-corrected chi connectivity index (χ1v) is 8.35. The Morgan fingerprint density at radius 1 is 1.23 bits per heavy atom. The highest BCUT2D eigenvalue weighted by Crippen LogP contribution is 2.27. The van der Waals surface area contributed by atoms with Crippen LogP contribution in [-0.2, 0) is 4.79 Å². The van der Waals surface area contributed by atoms with Gasteiger partial charge in [0.1, 0.15) is 0 Å². The number of carbonyl (C=O) groups is 1. The Hall–Kier alpha value is -1.92. The van der Waals surface area contributed by atoms with Crippen molar-refractivity contribution in [1.82, 2.24) is 4.98 Å². The predicted molar refractivity (Wildman–Crippen MR) is 95.7 cm³/mol. The molecule has 0 radical (unpaired) electrons. The number of thiazole rings is 1. The molecule has 3 aromatic rings. The zero-order chi connectivity index (χ0) is 15.5. The molecular formula is C16H14BrN3OS. The van der Waals surface area contributed by atoms with Crippen LogP contribution in [0.15, 0.2) is 53.0 Å². The van der Waals surface area contributed by atoms with Crippen molar-refractivity contribution < 1.29 is 4.79 Å². The average molecular weight is 376 g/mol. The molecule has 0 atom stereocenters. The molecule has 0 unspecified atom stereocenters. The molecule has 6 heteroatoms. The van der Waals surface area contributed by atoms with Crippen molar-refractivity contribution in [3.05, 3.63) is 53.0 Å². The van der Waals surface area contributed by atoms with Crippen molar-refractivity contribution in [2.24, 2.45) is 0 Å². The second-order valence-electron chi connectivity index (χ2n) is 4.88. The number of hydrogen-bond donors (Lipinski definition) is 1. The lowest BCUT2D eigenvalue weighted by Crippen LogP contribution is -2.29. The number of fused-ring (bicyclic) bond motifs is 1. The van der Waals surface area contributed by atoms with Gasteiger partial charge in [-0.3, -0.25) is 4.79 Å². The van der Waals surface area contributed by atoms with E-state index in [4.69, 9.17) is 0 Å². The Morgan fingerprint density at radius 2 is 1.95 bits per heavy atom. The number of likely N-dealkylation sites (N-methyl/N-ethyl adjacent to an activating group) is 1. The van der Waals surface area contributed by atoms with Gasteiger partial charge in [0.05, 0.1) is 16.8 Å². The Labute approximate surface area is 140 Å². The summed E-state index contributed by atoms with van der Waals surface area (Å²) in [5, 5.41) is 3.72. The molecular weight excluding hydrogens is 362 g/mol. The molecule has 0 aliphatic rings. The van der Waals surface area contributed by atoms with E-state index in [0.717, 1.165) is 25.5 Å². The van der Waals surface area contributed by atoms with Crippen LogP contribution in [0.2, 0.25) is 0 Å². The van der Waals surface area contributed by atoms with Gasteiger partial charge < -0.3 is 10.2 Å². The topological polar surface area (TPSA) is 45.2 Å². The van der Waals surface area contributed by atoms with Crippen LogP contribution < -0.4 is 10.2 Å². The number of anilines is 2. The van der Waals surface area contributed by atoms with Crippen molar-refractivity contribution >= 4 is 54.2 Å². The first-order valence-electron chi connectivity index (χ1n) is 6.74. The molecule has 1 aromatic heterocycles. The highest BCUT2D eigenvalue weighted by atomic mass is 79.9. The second-order valence-corrected chi connectivity index (χ2v) is 6.80. The van der Waals surface area contributed by atoms with E-state index >= 15 is 0 Å². The number of nitrogens with one attached hydrogen (secondary N) is 1. The normalized spacial score (nSPS) is 10.6. The van der Waals surface area contributed by atoms with E-state index in [-0.39, 0.29) is 12.5 Å². The zero-order valence-corrected chi connectivity index (χ0v) is 14.3. The summed E-state index contributed by atoms with van der Waals surface area (Å²) in [7, 11) is 1.87. The number of halogens is 1. The molecule has 0 aliphatic carbocycles. The molecule has 1 amide bonds. The minimum atomic E-state index is -0.0657. The van der Waals surface area contributed by atoms with Gasteiger partial charge in [-0.05, 0) is 36.4 Å². The van der Waals surface area contributed by atoms with Crippen LogP contribution in [0.25, 0.3) is 10.2 Å². The van der Waals surface area contributed by atoms with E-state index in [1.54, 1.807) is 11.3 Å². The van der Waals surface area contributed by atoms with Gasteiger partial charge in [-0.1, -0.05) is 39.4 Å². The summed E-state index contributed by atoms with van der Waals surface area (Å²) in [5.74, 6) is -0.0657. The van der Waals surface area contributed by atoms with Crippen LogP contribution in [0.4, 0.5) is 10.8 Å². The summed E-state index contributed by atoms with van der Waals surface area (Å²) in [4.78, 5) is 18.5. The Morgan fingerprint density at radius 3 is 2.68 bits per heavy atom. The SMILES string of the molecule is CN(CC(=O)Nc1ccc(Br)cc1)c1nc2ccccc2s1. The minimum Gasteiger partial charge on any atom is -0.342 e. The largest absolute Gasteiger partial charge is 0.342 e. The van der Waals surface area contributed by atoms with Crippen molar-refractivity contribution in [2.45, 2.75) is 0 Å². The molecule has 112 valence electrons. The number of nitrogens with zero attached hydrogens (tertiary/aromatic N) is 2. The van der Waals surface area contributed by atoms with Gasteiger partial charge in [0.2, 0.25) is 5.91 Å². The summed E-state index contributed by atoms with van der Waals surface area (Å²) >= 11 is 4.96. The van der Waals surface area contributed by atoms with Crippen molar-refractivity contribution in [3.63, 3.8) is 0 Å². The van der Waals surface area contributed by atoms with E-state index in [9.17, 15) is 4.79 Å². The van der Waals surface area contributed by atoms with Crippen LogP contribution in [-0.4, -0.2) is 24.5 Å². The predicted octanol–water partition coefficient (Wildman–Crippen LogP) is 4.13. The highest BCUT2D eigenvalue weighted by molar-refractivity contribution is 9.10. The van der Waals surface area contributed by atoms with Crippen molar-refractivity contribution in [3.8, 4) is 0 Å². The monoisotopic (exact) mass is 375 g/mol. The quantitative estimate of drug-likeness (QED) is 0.745. The maximum atomic E-state index is 12.1. The van der Waals surface area contributed by atoms with E-state index in [2.05, 4.69) is 26.2 Å². The molecule has 0 fully saturated rings. The Kier molecular flexibility index (Phi) is 4.40. The number of aromatic nitrogens is 1. The van der Waals surface area contributed by atoms with Gasteiger partial charge in [-0.25, -0.2) is 4.98 Å². The third kappa shape index (κ3) is 3.45. The summed E-state index contributed by atoms with van der Waals surface area (Å²) in [6.07, 6.45) is 0. The van der Waals surface area contributed by atoms with Crippen LogP contribution in [0, 0.1) is 0 Å². The molecule has 0 aliphatic heterocycles. The van der Waals surface area contributed by atoms with Gasteiger partial charge in [0.25, 0.3) is 0 Å². The zero-order valence-electron chi connectivity index (χ0n) is 11.9. The molecule has 0 spiro atoms. The number of hydrogen-bond acceptors (Lipinski definition) is 4. The minimum absolute atomic E-state index is 0.0657. The maximum Gasteiger partial charge on any atom is 0.243 e. The number of rotatable bonds is 4. The molecule has 22 heavy (non-hydrogen) atoms. The number of carbonyl (C=O) groups excluding carboxylic acids is 1. The fourth-order valence-electron chi connectivity index (χ4n) is 2.04. The summed E-state index contributed by atoms with van der Waals surface area (Å²) < 4.78 is 2.11. The molecule has 0 bridgehead atoms.